The van der Waals surface area contributed by atoms with Crippen molar-refractivity contribution >= 4 is 39.2 Å². The summed E-state index contributed by atoms with van der Waals surface area (Å²) in [5.74, 6) is 0.599. The van der Waals surface area contributed by atoms with Crippen LogP contribution in [0.4, 0.5) is 5.69 Å². The van der Waals surface area contributed by atoms with Crippen molar-refractivity contribution in [2.75, 3.05) is 12.4 Å². The first-order chi connectivity index (χ1) is 16.9. The number of aromatic carboxylic acids is 1. The zero-order valence-corrected chi connectivity index (χ0v) is 21.7. The molecule has 5 rings (SSSR count). The van der Waals surface area contributed by atoms with Crippen LogP contribution in [0.25, 0.3) is 0 Å². The quantitative estimate of drug-likeness (QED) is 0.308. The van der Waals surface area contributed by atoms with E-state index in [9.17, 15) is 9.90 Å². The third-order valence-corrected chi connectivity index (χ3v) is 7.71. The van der Waals surface area contributed by atoms with Crippen LogP contribution < -0.4 is 14.8 Å². The van der Waals surface area contributed by atoms with Gasteiger partial charge in [0.25, 0.3) is 0 Å². The maximum atomic E-state index is 12.0. The Morgan fingerprint density at radius 3 is 2.69 bits per heavy atom. The molecule has 0 saturated carbocycles. The first-order valence-corrected chi connectivity index (χ1v) is 12.6. The summed E-state index contributed by atoms with van der Waals surface area (Å²) < 4.78 is 12.6. The summed E-state index contributed by atoms with van der Waals surface area (Å²) >= 11 is 9.68. The highest BCUT2D eigenvalue weighted by Crippen LogP contribution is 2.53. The number of carboxylic acid groups (broad SMARTS) is 1. The number of aryl methyl sites for hydroxylation is 1. The summed E-state index contributed by atoms with van der Waals surface area (Å²) in [6.07, 6.45) is 5.17. The number of methoxy groups -OCH3 is 1. The fraction of sp³-hybridized carbons (Fsp3) is 0.250. The Balaban J connectivity index is 1.49. The zero-order chi connectivity index (χ0) is 24.7. The number of allylic oxidation sites excluding steroid dienone is 2. The highest BCUT2D eigenvalue weighted by atomic mass is 79.9. The fourth-order valence-electron chi connectivity index (χ4n) is 5.17. The van der Waals surface area contributed by atoms with Crippen molar-refractivity contribution in [3.8, 4) is 11.5 Å². The van der Waals surface area contributed by atoms with E-state index in [0.29, 0.717) is 28.7 Å². The Bertz CT molecular complexity index is 1320. The largest absolute Gasteiger partial charge is 0.493 e. The van der Waals surface area contributed by atoms with Crippen LogP contribution in [0, 0.1) is 12.8 Å². The molecule has 2 aliphatic rings. The van der Waals surface area contributed by atoms with Gasteiger partial charge >= 0.3 is 5.97 Å². The van der Waals surface area contributed by atoms with E-state index in [1.807, 2.05) is 43.3 Å². The number of benzene rings is 3. The first-order valence-electron chi connectivity index (χ1n) is 11.4. The van der Waals surface area contributed by atoms with Gasteiger partial charge in [0.1, 0.15) is 6.61 Å². The minimum Gasteiger partial charge on any atom is -0.493 e. The Labute approximate surface area is 217 Å². The lowest BCUT2D eigenvalue weighted by atomic mass is 9.74. The van der Waals surface area contributed by atoms with Crippen molar-refractivity contribution in [3.05, 3.63) is 98.0 Å². The third kappa shape index (κ3) is 4.41. The highest BCUT2D eigenvalue weighted by molar-refractivity contribution is 9.10. The molecule has 0 spiro atoms. The molecule has 180 valence electrons. The van der Waals surface area contributed by atoms with E-state index in [1.165, 1.54) is 0 Å². The van der Waals surface area contributed by atoms with Gasteiger partial charge in [0.2, 0.25) is 0 Å². The predicted octanol–water partition coefficient (Wildman–Crippen LogP) is 7.52. The Morgan fingerprint density at radius 2 is 1.97 bits per heavy atom. The summed E-state index contributed by atoms with van der Waals surface area (Å²) in [6.45, 7) is 2.39. The number of halogens is 2. The molecule has 0 radical (unpaired) electrons. The molecule has 0 unspecified atom stereocenters. The summed E-state index contributed by atoms with van der Waals surface area (Å²) in [5.41, 5.74) is 5.23. The molecule has 1 aliphatic carbocycles. The van der Waals surface area contributed by atoms with Gasteiger partial charge in [0.05, 0.1) is 23.2 Å². The van der Waals surface area contributed by atoms with Crippen molar-refractivity contribution in [2.45, 2.75) is 31.9 Å². The second-order valence-corrected chi connectivity index (χ2v) is 10.2. The second-order valence-electron chi connectivity index (χ2n) is 8.95. The van der Waals surface area contributed by atoms with E-state index in [1.54, 1.807) is 13.2 Å². The number of ether oxygens (including phenoxy) is 2. The van der Waals surface area contributed by atoms with Crippen LogP contribution in [0.1, 0.15) is 51.0 Å². The molecule has 0 bridgehead atoms. The molecule has 3 atom stereocenters. The van der Waals surface area contributed by atoms with E-state index < -0.39 is 5.97 Å². The predicted molar refractivity (Wildman–Crippen MR) is 141 cm³/mol. The zero-order valence-electron chi connectivity index (χ0n) is 19.3. The lowest BCUT2D eigenvalue weighted by molar-refractivity contribution is 0.0695. The molecule has 0 amide bonds. The SMILES string of the molecule is COc1cc([C@@H]2Nc3c(C)ccc(C(=O)O)c3[C@H]3C=CC[C@H]32)cc(Br)c1OCc1ccc(Cl)cc1. The van der Waals surface area contributed by atoms with Crippen molar-refractivity contribution in [1.82, 2.24) is 0 Å². The molecule has 5 nitrogen and oxygen atoms in total. The average Bonchev–Trinajstić information content (AvgIpc) is 3.33. The number of fused-ring (bicyclic) bond motifs is 3. The summed E-state index contributed by atoms with van der Waals surface area (Å²) in [5, 5.41) is 14.2. The van der Waals surface area contributed by atoms with Gasteiger partial charge < -0.3 is 19.9 Å². The molecule has 2 N–H and O–H groups in total. The number of carbonyl (C=O) groups is 1. The molecule has 0 saturated heterocycles. The molecule has 35 heavy (non-hydrogen) atoms. The topological polar surface area (TPSA) is 67.8 Å². The molecule has 3 aromatic carbocycles. The van der Waals surface area contributed by atoms with Gasteiger partial charge in [-0.3, -0.25) is 0 Å². The van der Waals surface area contributed by atoms with Gasteiger partial charge in [-0.2, -0.15) is 0 Å². The third-order valence-electron chi connectivity index (χ3n) is 6.87. The molecule has 7 heteroatoms. The van der Waals surface area contributed by atoms with Gasteiger partial charge in [0.15, 0.2) is 11.5 Å². The van der Waals surface area contributed by atoms with Crippen LogP contribution in [0.3, 0.4) is 0 Å². The van der Waals surface area contributed by atoms with Gasteiger partial charge in [-0.05, 0) is 87.8 Å². The van der Waals surface area contributed by atoms with Gasteiger partial charge in [-0.15, -0.1) is 0 Å². The number of hydrogen-bond acceptors (Lipinski definition) is 4. The minimum absolute atomic E-state index is 0.0132. The standard InChI is InChI=1S/C28H25BrClNO4/c1-15-6-11-21(28(32)33)24-19-4-3-5-20(19)26(31-25(15)24)17-12-22(29)27(23(13-17)34-2)35-14-16-7-9-18(30)10-8-16/h3-4,6-13,19-20,26,31H,5,14H2,1-2H3,(H,32,33)/t19-,20+,26-/m0/s1. The number of hydrogen-bond donors (Lipinski definition) is 2. The number of carboxylic acids is 1. The monoisotopic (exact) mass is 553 g/mol. The smallest absolute Gasteiger partial charge is 0.336 e. The second kappa shape index (κ2) is 9.59. The summed E-state index contributed by atoms with van der Waals surface area (Å²) in [7, 11) is 1.63. The van der Waals surface area contributed by atoms with Crippen LogP contribution >= 0.6 is 27.5 Å². The summed E-state index contributed by atoms with van der Waals surface area (Å²) in [4.78, 5) is 12.0. The molecular formula is C28H25BrClNO4. The lowest BCUT2D eigenvalue weighted by Crippen LogP contribution is -2.31. The van der Waals surface area contributed by atoms with Gasteiger partial charge in [-0.1, -0.05) is 42.0 Å². The van der Waals surface area contributed by atoms with Crippen LogP contribution in [0.15, 0.2) is 65.2 Å². The Hall–Kier alpha value is -2.96. The lowest BCUT2D eigenvalue weighted by Gasteiger charge is -2.39. The van der Waals surface area contributed by atoms with Crippen molar-refractivity contribution in [1.29, 1.82) is 0 Å². The Kier molecular flexibility index (Phi) is 6.51. The molecule has 0 aromatic heterocycles. The molecular weight excluding hydrogens is 530 g/mol. The van der Waals surface area contributed by atoms with E-state index >= 15 is 0 Å². The average molecular weight is 555 g/mol. The molecule has 1 aliphatic heterocycles. The number of nitrogens with one attached hydrogen (secondary N) is 1. The van der Waals surface area contributed by atoms with E-state index in [2.05, 4.69) is 39.5 Å². The van der Waals surface area contributed by atoms with Crippen molar-refractivity contribution < 1.29 is 19.4 Å². The van der Waals surface area contributed by atoms with Crippen LogP contribution in [-0.2, 0) is 6.61 Å². The van der Waals surface area contributed by atoms with Crippen molar-refractivity contribution in [2.24, 2.45) is 5.92 Å². The fourth-order valence-corrected chi connectivity index (χ4v) is 5.87. The highest BCUT2D eigenvalue weighted by Gasteiger charge is 2.41. The molecule has 0 fully saturated rings. The van der Waals surface area contributed by atoms with Crippen LogP contribution in [0.5, 0.6) is 11.5 Å². The summed E-state index contributed by atoms with van der Waals surface area (Å²) in [6, 6.07) is 15.2. The Morgan fingerprint density at radius 1 is 1.20 bits per heavy atom. The van der Waals surface area contributed by atoms with E-state index in [4.69, 9.17) is 21.1 Å². The normalized spacial score (nSPS) is 20.1. The number of rotatable bonds is 6. The molecule has 1 heterocycles. The maximum absolute atomic E-state index is 12.0. The van der Waals surface area contributed by atoms with Crippen LogP contribution in [0.2, 0.25) is 5.02 Å². The number of anilines is 1. The minimum atomic E-state index is -0.896. The van der Waals surface area contributed by atoms with E-state index in [0.717, 1.165) is 38.8 Å². The van der Waals surface area contributed by atoms with Crippen molar-refractivity contribution in [3.63, 3.8) is 0 Å². The van der Waals surface area contributed by atoms with Crippen LogP contribution in [-0.4, -0.2) is 18.2 Å². The maximum Gasteiger partial charge on any atom is 0.336 e. The first kappa shape index (κ1) is 23.8. The van der Waals surface area contributed by atoms with Gasteiger partial charge in [0, 0.05) is 16.6 Å². The molecule has 3 aromatic rings. The van der Waals surface area contributed by atoms with E-state index in [-0.39, 0.29) is 17.9 Å². The van der Waals surface area contributed by atoms with Gasteiger partial charge in [-0.25, -0.2) is 4.79 Å².